The van der Waals surface area contributed by atoms with Crippen molar-refractivity contribution in [2.45, 2.75) is 19.3 Å². The van der Waals surface area contributed by atoms with E-state index in [0.717, 1.165) is 5.69 Å². The quantitative estimate of drug-likeness (QED) is 0.786. The molecule has 0 aliphatic carbocycles. The average molecular weight is 307 g/mol. The molecule has 2 heterocycles. The number of hydrogen-bond acceptors (Lipinski definition) is 6. The first-order valence-electron chi connectivity index (χ1n) is 6.69. The normalized spacial score (nSPS) is 19.6. The Kier molecular flexibility index (Phi) is 5.04. The number of ketones is 1. The van der Waals surface area contributed by atoms with Crippen molar-refractivity contribution in [1.29, 1.82) is 5.26 Å². The van der Waals surface area contributed by atoms with Gasteiger partial charge in [0.25, 0.3) is 0 Å². The van der Waals surface area contributed by atoms with Crippen LogP contribution < -0.4 is 0 Å². The van der Waals surface area contributed by atoms with Gasteiger partial charge in [0.2, 0.25) is 5.91 Å². The number of amides is 1. The number of Topliss-reactive ketones (excluding diaryl/α,β-unsaturated/α-hetero) is 1. The maximum absolute atomic E-state index is 12.5. The number of methoxy groups -OCH3 is 1. The molecule has 1 aliphatic rings. The van der Waals surface area contributed by atoms with Gasteiger partial charge >= 0.3 is 0 Å². The summed E-state index contributed by atoms with van der Waals surface area (Å²) in [5.41, 5.74) is 0.798. The van der Waals surface area contributed by atoms with Crippen molar-refractivity contribution in [3.05, 3.63) is 16.1 Å². The number of nitrogens with zero attached hydrogens (tertiary/aromatic N) is 3. The Bertz CT molecular complexity index is 578. The Morgan fingerprint density at radius 3 is 3.05 bits per heavy atom. The molecule has 6 nitrogen and oxygen atoms in total. The van der Waals surface area contributed by atoms with E-state index in [-0.39, 0.29) is 18.1 Å². The second-order valence-electron chi connectivity index (χ2n) is 5.03. The summed E-state index contributed by atoms with van der Waals surface area (Å²) in [7, 11) is 1.57. The van der Waals surface area contributed by atoms with Crippen molar-refractivity contribution in [2.24, 2.45) is 5.92 Å². The molecule has 7 heteroatoms. The average Bonchev–Trinajstić information content (AvgIpc) is 3.04. The van der Waals surface area contributed by atoms with Gasteiger partial charge < -0.3 is 9.64 Å². The van der Waals surface area contributed by atoms with Gasteiger partial charge in [-0.25, -0.2) is 4.98 Å². The predicted octanol–water partition coefficient (Wildman–Crippen LogP) is 1.12. The Balaban J connectivity index is 2.06. The summed E-state index contributed by atoms with van der Waals surface area (Å²) in [4.78, 5) is 30.2. The topological polar surface area (TPSA) is 83.3 Å². The summed E-state index contributed by atoms with van der Waals surface area (Å²) in [5, 5.41) is 11.6. The molecule has 1 aromatic rings. The van der Waals surface area contributed by atoms with Gasteiger partial charge in [0.15, 0.2) is 11.7 Å². The highest BCUT2D eigenvalue weighted by Crippen LogP contribution is 2.28. The van der Waals surface area contributed by atoms with E-state index < -0.39 is 11.8 Å². The number of nitriles is 1. The van der Waals surface area contributed by atoms with Crippen LogP contribution in [0.2, 0.25) is 0 Å². The molecule has 1 aliphatic heterocycles. The molecule has 112 valence electrons. The Labute approximate surface area is 127 Å². The number of hydrogen-bond donors (Lipinski definition) is 0. The Morgan fingerprint density at radius 2 is 2.48 bits per heavy atom. The molecule has 0 saturated carbocycles. The summed E-state index contributed by atoms with van der Waals surface area (Å²) in [6.45, 7) is 3.11. The number of rotatable bonds is 6. The van der Waals surface area contributed by atoms with E-state index in [1.807, 2.05) is 18.4 Å². The highest BCUT2D eigenvalue weighted by molar-refractivity contribution is 7.09. The molecular formula is C14H17N3O3S. The van der Waals surface area contributed by atoms with Gasteiger partial charge in [-0.1, -0.05) is 0 Å². The predicted molar refractivity (Wildman–Crippen MR) is 76.8 cm³/mol. The second-order valence-corrected chi connectivity index (χ2v) is 5.91. The fourth-order valence-corrected chi connectivity index (χ4v) is 3.21. The van der Waals surface area contributed by atoms with Gasteiger partial charge in [0.1, 0.15) is 5.01 Å². The van der Waals surface area contributed by atoms with Crippen LogP contribution in [0.4, 0.5) is 0 Å². The van der Waals surface area contributed by atoms with Crippen molar-refractivity contribution in [2.75, 3.05) is 26.8 Å². The maximum atomic E-state index is 12.5. The Morgan fingerprint density at radius 1 is 1.71 bits per heavy atom. The molecule has 1 amide bonds. The molecule has 0 aromatic carbocycles. The van der Waals surface area contributed by atoms with E-state index in [9.17, 15) is 14.9 Å². The third-order valence-electron chi connectivity index (χ3n) is 3.48. The summed E-state index contributed by atoms with van der Waals surface area (Å²) < 4.78 is 4.95. The molecule has 0 N–H and O–H groups in total. The maximum Gasteiger partial charge on any atom is 0.223 e. The molecule has 21 heavy (non-hydrogen) atoms. The molecule has 2 atom stereocenters. The first kappa shape index (κ1) is 15.6. The van der Waals surface area contributed by atoms with E-state index in [4.69, 9.17) is 4.74 Å². The minimum Gasteiger partial charge on any atom is -0.383 e. The lowest BCUT2D eigenvalue weighted by atomic mass is 9.93. The fraction of sp³-hybridized carbons (Fsp3) is 0.571. The minimum atomic E-state index is -0.871. The van der Waals surface area contributed by atoms with E-state index in [1.54, 1.807) is 12.0 Å². The summed E-state index contributed by atoms with van der Waals surface area (Å²) in [6.07, 6.45) is 0.172. The summed E-state index contributed by atoms with van der Waals surface area (Å²) in [5.74, 6) is -1.57. The van der Waals surface area contributed by atoms with Crippen LogP contribution >= 0.6 is 11.3 Å². The van der Waals surface area contributed by atoms with Crippen LogP contribution in [-0.4, -0.2) is 48.4 Å². The lowest BCUT2D eigenvalue weighted by molar-refractivity contribution is -0.129. The van der Waals surface area contributed by atoms with Crippen LogP contribution in [0.5, 0.6) is 0 Å². The zero-order valence-electron chi connectivity index (χ0n) is 12.0. The van der Waals surface area contributed by atoms with E-state index >= 15 is 0 Å². The third kappa shape index (κ3) is 3.46. The van der Waals surface area contributed by atoms with Crippen molar-refractivity contribution in [1.82, 2.24) is 9.88 Å². The van der Waals surface area contributed by atoms with E-state index in [2.05, 4.69) is 4.98 Å². The van der Waals surface area contributed by atoms with Crippen molar-refractivity contribution >= 4 is 23.0 Å². The highest BCUT2D eigenvalue weighted by Gasteiger charge is 2.38. The first-order valence-corrected chi connectivity index (χ1v) is 7.56. The zero-order chi connectivity index (χ0) is 15.4. The van der Waals surface area contributed by atoms with Crippen LogP contribution in [0.25, 0.3) is 0 Å². The first-order chi connectivity index (χ1) is 10.1. The van der Waals surface area contributed by atoms with Crippen LogP contribution in [0, 0.1) is 24.2 Å². The molecule has 0 spiro atoms. The van der Waals surface area contributed by atoms with Gasteiger partial charge in [0, 0.05) is 43.6 Å². The number of aryl methyl sites for hydroxylation is 1. The third-order valence-corrected chi connectivity index (χ3v) is 4.51. The second kappa shape index (κ2) is 6.78. The number of likely N-dealkylation sites (tertiary alicyclic amines) is 1. The molecule has 0 radical (unpaired) electrons. The number of aromatic nitrogens is 1. The van der Waals surface area contributed by atoms with E-state index in [1.165, 1.54) is 11.3 Å². The fourth-order valence-electron chi connectivity index (χ4n) is 2.36. The van der Waals surface area contributed by atoms with Gasteiger partial charge in [-0.15, -0.1) is 11.3 Å². The number of carbonyl (C=O) groups is 2. The van der Waals surface area contributed by atoms with Gasteiger partial charge in [-0.3, -0.25) is 9.59 Å². The molecule has 0 bridgehead atoms. The standard InChI is InChI=1S/C14H17N3O3S/c1-9-8-21-14(16-9)11(6-15)13(19)10-5-12(18)17(7-10)3-4-20-2/h8,10-11H,3-5,7H2,1-2H3/t10-,11-/m1/s1. The monoisotopic (exact) mass is 307 g/mol. The Hall–Kier alpha value is -1.78. The van der Waals surface area contributed by atoms with Crippen LogP contribution in [0.1, 0.15) is 23.0 Å². The smallest absolute Gasteiger partial charge is 0.223 e. The number of ether oxygens (including phenoxy) is 1. The molecule has 2 rings (SSSR count). The molecule has 1 aromatic heterocycles. The van der Waals surface area contributed by atoms with E-state index in [0.29, 0.717) is 24.7 Å². The summed E-state index contributed by atoms with van der Waals surface area (Å²) in [6, 6.07) is 2.03. The van der Waals surface area contributed by atoms with Crippen LogP contribution in [0.15, 0.2) is 5.38 Å². The highest BCUT2D eigenvalue weighted by atomic mass is 32.1. The number of carbonyl (C=O) groups excluding carboxylic acids is 2. The molecular weight excluding hydrogens is 290 g/mol. The zero-order valence-corrected chi connectivity index (χ0v) is 12.9. The van der Waals surface area contributed by atoms with Crippen molar-refractivity contribution < 1.29 is 14.3 Å². The lowest BCUT2D eigenvalue weighted by Crippen LogP contribution is -2.30. The number of thiazole rings is 1. The largest absolute Gasteiger partial charge is 0.383 e. The van der Waals surface area contributed by atoms with Gasteiger partial charge in [-0.05, 0) is 6.92 Å². The van der Waals surface area contributed by atoms with Gasteiger partial charge in [0.05, 0.1) is 12.7 Å². The van der Waals surface area contributed by atoms with Crippen molar-refractivity contribution in [3.8, 4) is 6.07 Å². The summed E-state index contributed by atoms with van der Waals surface area (Å²) >= 11 is 1.31. The van der Waals surface area contributed by atoms with Crippen molar-refractivity contribution in [3.63, 3.8) is 0 Å². The van der Waals surface area contributed by atoms with Crippen LogP contribution in [0.3, 0.4) is 0 Å². The lowest BCUT2D eigenvalue weighted by Gasteiger charge is -2.16. The van der Waals surface area contributed by atoms with Gasteiger partial charge in [-0.2, -0.15) is 5.26 Å². The molecule has 1 fully saturated rings. The molecule has 0 unspecified atom stereocenters. The molecule has 1 saturated heterocycles. The van der Waals surface area contributed by atoms with Crippen LogP contribution in [-0.2, 0) is 14.3 Å². The SMILES string of the molecule is COCCN1C[C@H](C(=O)[C@@H](C#N)c2nc(C)cs2)CC1=O. The minimum absolute atomic E-state index is 0.0580.